The van der Waals surface area contributed by atoms with Crippen LogP contribution in [0.1, 0.15) is 43.6 Å². The molecule has 0 aromatic heterocycles. The average Bonchev–Trinajstić information content (AvgIpc) is 2.72. The average molecular weight is 386 g/mol. The monoisotopic (exact) mass is 386 g/mol. The molecule has 1 amide bonds. The highest BCUT2D eigenvalue weighted by Gasteiger charge is 2.34. The molecule has 1 aliphatic heterocycles. The Morgan fingerprint density at radius 3 is 2.28 bits per heavy atom. The van der Waals surface area contributed by atoms with Gasteiger partial charge in [-0.05, 0) is 66.9 Å². The van der Waals surface area contributed by atoms with Gasteiger partial charge in [0.15, 0.2) is 0 Å². The number of benzene rings is 3. The van der Waals surface area contributed by atoms with E-state index < -0.39 is 6.17 Å². The summed E-state index contributed by atoms with van der Waals surface area (Å²) in [5.41, 5.74) is 5.78. The zero-order valence-electron chi connectivity index (χ0n) is 16.6. The molecular weight excluding hydrogens is 364 g/mol. The first-order chi connectivity index (χ1) is 14.0. The molecule has 1 heterocycles. The standard InChI is InChI=1S/C24H22N2O3/c1-15-12-16(2)14-19(13-15)26-22(17-8-10-18(11-9-17)24(28)29-3)25-21-7-5-4-6-20(21)23(26)27/h4-14,22,25H,1-3H3/t22-/m1/s1. The maximum Gasteiger partial charge on any atom is 0.337 e. The van der Waals surface area contributed by atoms with Crippen molar-refractivity contribution in [2.45, 2.75) is 20.0 Å². The fraction of sp³-hybridized carbons (Fsp3) is 0.167. The second kappa shape index (κ2) is 7.43. The summed E-state index contributed by atoms with van der Waals surface area (Å²) < 4.78 is 4.78. The number of carbonyl (C=O) groups excluding carboxylic acids is 2. The van der Waals surface area contributed by atoms with Crippen molar-refractivity contribution < 1.29 is 14.3 Å². The maximum absolute atomic E-state index is 13.5. The molecule has 146 valence electrons. The molecule has 0 fully saturated rings. The smallest absolute Gasteiger partial charge is 0.337 e. The van der Waals surface area contributed by atoms with Crippen LogP contribution in [-0.2, 0) is 4.74 Å². The van der Waals surface area contributed by atoms with Crippen molar-refractivity contribution in [3.63, 3.8) is 0 Å². The molecule has 0 saturated heterocycles. The van der Waals surface area contributed by atoms with Crippen molar-refractivity contribution in [2.24, 2.45) is 0 Å². The van der Waals surface area contributed by atoms with E-state index in [1.54, 1.807) is 17.0 Å². The molecule has 0 unspecified atom stereocenters. The van der Waals surface area contributed by atoms with Gasteiger partial charge in [0.1, 0.15) is 6.17 Å². The lowest BCUT2D eigenvalue weighted by molar-refractivity contribution is 0.0600. The lowest BCUT2D eigenvalue weighted by atomic mass is 10.0. The number of carbonyl (C=O) groups is 2. The fourth-order valence-electron chi connectivity index (χ4n) is 3.76. The Balaban J connectivity index is 1.82. The van der Waals surface area contributed by atoms with Gasteiger partial charge in [-0.25, -0.2) is 4.79 Å². The lowest BCUT2D eigenvalue weighted by Gasteiger charge is -2.38. The molecule has 0 saturated carbocycles. The van der Waals surface area contributed by atoms with Gasteiger partial charge in [-0.2, -0.15) is 0 Å². The summed E-state index contributed by atoms with van der Waals surface area (Å²) in [4.78, 5) is 27.0. The predicted molar refractivity (Wildman–Crippen MR) is 113 cm³/mol. The number of ether oxygens (including phenoxy) is 1. The van der Waals surface area contributed by atoms with Crippen LogP contribution in [0.3, 0.4) is 0 Å². The van der Waals surface area contributed by atoms with E-state index in [1.165, 1.54) is 7.11 Å². The highest BCUT2D eigenvalue weighted by Crippen LogP contribution is 2.37. The summed E-state index contributed by atoms with van der Waals surface area (Å²) in [6.45, 7) is 4.04. The lowest BCUT2D eigenvalue weighted by Crippen LogP contribution is -2.43. The van der Waals surface area contributed by atoms with Crippen LogP contribution in [0.2, 0.25) is 0 Å². The Labute approximate surface area is 169 Å². The van der Waals surface area contributed by atoms with E-state index in [9.17, 15) is 9.59 Å². The zero-order chi connectivity index (χ0) is 20.5. The minimum absolute atomic E-state index is 0.0635. The number of fused-ring (bicyclic) bond motifs is 1. The number of esters is 1. The van der Waals surface area contributed by atoms with Crippen LogP contribution in [-0.4, -0.2) is 19.0 Å². The van der Waals surface area contributed by atoms with E-state index in [2.05, 4.69) is 11.4 Å². The third kappa shape index (κ3) is 3.47. The summed E-state index contributed by atoms with van der Waals surface area (Å²) in [6.07, 6.45) is -0.398. The summed E-state index contributed by atoms with van der Waals surface area (Å²) in [7, 11) is 1.36. The van der Waals surface area contributed by atoms with Gasteiger partial charge in [0.2, 0.25) is 0 Å². The molecule has 5 nitrogen and oxygen atoms in total. The zero-order valence-corrected chi connectivity index (χ0v) is 16.6. The summed E-state index contributed by atoms with van der Waals surface area (Å²) >= 11 is 0. The number of para-hydroxylation sites is 1. The number of methoxy groups -OCH3 is 1. The van der Waals surface area contributed by atoms with Crippen LogP contribution in [0, 0.1) is 13.8 Å². The number of nitrogens with one attached hydrogen (secondary N) is 1. The molecule has 0 radical (unpaired) electrons. The quantitative estimate of drug-likeness (QED) is 0.653. The van der Waals surface area contributed by atoms with E-state index in [0.717, 1.165) is 28.1 Å². The fourth-order valence-corrected chi connectivity index (χ4v) is 3.76. The third-order valence-corrected chi connectivity index (χ3v) is 5.06. The highest BCUT2D eigenvalue weighted by atomic mass is 16.5. The molecular formula is C24H22N2O3. The molecule has 0 spiro atoms. The Kier molecular flexibility index (Phi) is 4.80. The number of nitrogens with zero attached hydrogens (tertiary/aromatic N) is 1. The number of amides is 1. The second-order valence-corrected chi connectivity index (χ2v) is 7.23. The minimum Gasteiger partial charge on any atom is -0.465 e. The van der Waals surface area contributed by atoms with Crippen LogP contribution >= 0.6 is 0 Å². The molecule has 3 aromatic rings. The largest absolute Gasteiger partial charge is 0.465 e. The molecule has 0 bridgehead atoms. The molecule has 3 aromatic carbocycles. The molecule has 1 atom stereocenters. The minimum atomic E-state index is -0.398. The topological polar surface area (TPSA) is 58.6 Å². The van der Waals surface area contributed by atoms with Gasteiger partial charge in [0, 0.05) is 11.4 Å². The van der Waals surface area contributed by atoms with Gasteiger partial charge in [0.05, 0.1) is 18.2 Å². The maximum atomic E-state index is 13.5. The Morgan fingerprint density at radius 2 is 1.62 bits per heavy atom. The predicted octanol–water partition coefficient (Wildman–Crippen LogP) is 4.86. The van der Waals surface area contributed by atoms with Gasteiger partial charge in [-0.15, -0.1) is 0 Å². The summed E-state index contributed by atoms with van der Waals surface area (Å²) in [5, 5.41) is 3.48. The van der Waals surface area contributed by atoms with Crippen molar-refractivity contribution >= 4 is 23.3 Å². The summed E-state index contributed by atoms with van der Waals surface area (Å²) in [5.74, 6) is -0.452. The second-order valence-electron chi connectivity index (χ2n) is 7.23. The molecule has 29 heavy (non-hydrogen) atoms. The SMILES string of the molecule is COC(=O)c1ccc([C@@H]2Nc3ccccc3C(=O)N2c2cc(C)cc(C)c2)cc1. The van der Waals surface area contributed by atoms with Gasteiger partial charge < -0.3 is 10.1 Å². The molecule has 5 heteroatoms. The van der Waals surface area contributed by atoms with Crippen LogP contribution in [0.5, 0.6) is 0 Å². The Morgan fingerprint density at radius 1 is 0.966 bits per heavy atom. The van der Waals surface area contributed by atoms with E-state index in [4.69, 9.17) is 4.74 Å². The number of anilines is 2. The third-order valence-electron chi connectivity index (χ3n) is 5.06. The normalized spacial score (nSPS) is 15.5. The van der Waals surface area contributed by atoms with Gasteiger partial charge in [-0.1, -0.05) is 30.3 Å². The first kappa shape index (κ1) is 18.7. The van der Waals surface area contributed by atoms with Crippen molar-refractivity contribution in [2.75, 3.05) is 17.3 Å². The van der Waals surface area contributed by atoms with Crippen molar-refractivity contribution in [3.05, 3.63) is 94.5 Å². The van der Waals surface area contributed by atoms with E-state index in [-0.39, 0.29) is 11.9 Å². The Bertz CT molecular complexity index is 1070. The van der Waals surface area contributed by atoms with Crippen molar-refractivity contribution in [1.82, 2.24) is 0 Å². The Hall–Kier alpha value is -3.60. The van der Waals surface area contributed by atoms with E-state index >= 15 is 0 Å². The van der Waals surface area contributed by atoms with Crippen LogP contribution in [0.25, 0.3) is 0 Å². The van der Waals surface area contributed by atoms with Crippen LogP contribution in [0.4, 0.5) is 11.4 Å². The number of rotatable bonds is 3. The molecule has 0 aliphatic carbocycles. The number of hydrogen-bond donors (Lipinski definition) is 1. The molecule has 4 rings (SSSR count). The summed E-state index contributed by atoms with van der Waals surface area (Å²) in [6, 6.07) is 20.7. The first-order valence-electron chi connectivity index (χ1n) is 9.43. The molecule has 1 N–H and O–H groups in total. The van der Waals surface area contributed by atoms with Gasteiger partial charge in [0.25, 0.3) is 5.91 Å². The van der Waals surface area contributed by atoms with Crippen molar-refractivity contribution in [3.8, 4) is 0 Å². The highest BCUT2D eigenvalue weighted by molar-refractivity contribution is 6.12. The van der Waals surface area contributed by atoms with Gasteiger partial charge in [-0.3, -0.25) is 9.69 Å². The van der Waals surface area contributed by atoms with Crippen molar-refractivity contribution in [1.29, 1.82) is 0 Å². The van der Waals surface area contributed by atoms with E-state index in [0.29, 0.717) is 11.1 Å². The van der Waals surface area contributed by atoms with Crippen LogP contribution in [0.15, 0.2) is 66.7 Å². The van der Waals surface area contributed by atoms with E-state index in [1.807, 2.05) is 62.4 Å². The van der Waals surface area contributed by atoms with Crippen LogP contribution < -0.4 is 10.2 Å². The first-order valence-corrected chi connectivity index (χ1v) is 9.43. The number of hydrogen-bond acceptors (Lipinski definition) is 4. The number of aryl methyl sites for hydroxylation is 2. The molecule has 1 aliphatic rings. The van der Waals surface area contributed by atoms with Gasteiger partial charge >= 0.3 is 5.97 Å².